The van der Waals surface area contributed by atoms with E-state index in [1.54, 1.807) is 6.92 Å². The zero-order valence-electron chi connectivity index (χ0n) is 11.7. The van der Waals surface area contributed by atoms with Crippen LogP contribution in [0.25, 0.3) is 0 Å². The maximum atomic E-state index is 12.2. The van der Waals surface area contributed by atoms with Crippen LogP contribution in [0.2, 0.25) is 0 Å². The van der Waals surface area contributed by atoms with E-state index in [9.17, 15) is 4.79 Å². The van der Waals surface area contributed by atoms with E-state index < -0.39 is 0 Å². The van der Waals surface area contributed by atoms with E-state index in [0.717, 1.165) is 29.8 Å². The number of aliphatic hydroxyl groups excluding tert-OH is 1. The molecular weight excluding hydrogens is 254 g/mol. The average molecular weight is 273 g/mol. The number of benzene rings is 1. The molecule has 1 aromatic carbocycles. The highest BCUT2D eigenvalue weighted by Gasteiger charge is 2.15. The van der Waals surface area contributed by atoms with Crippen LogP contribution in [0.5, 0.6) is 0 Å². The van der Waals surface area contributed by atoms with E-state index in [4.69, 9.17) is 5.11 Å². The van der Waals surface area contributed by atoms with Gasteiger partial charge in [0.05, 0.1) is 11.3 Å². The van der Waals surface area contributed by atoms with Gasteiger partial charge in [-0.2, -0.15) is 5.10 Å². The third-order valence-electron chi connectivity index (χ3n) is 3.16. The number of nitrogens with zero attached hydrogens (tertiary/aromatic N) is 1. The Labute approximate surface area is 118 Å². The summed E-state index contributed by atoms with van der Waals surface area (Å²) in [6.07, 6.45) is 1.52. The van der Waals surface area contributed by atoms with Crippen molar-refractivity contribution in [2.24, 2.45) is 0 Å². The molecule has 0 aliphatic carbocycles. The molecule has 1 aromatic heterocycles. The van der Waals surface area contributed by atoms with Gasteiger partial charge in [-0.15, -0.1) is 0 Å². The lowest BCUT2D eigenvalue weighted by Crippen LogP contribution is -2.13. The van der Waals surface area contributed by atoms with Crippen molar-refractivity contribution in [2.45, 2.75) is 26.7 Å². The standard InChI is InChI=1S/C15H19N3O2/c1-10-14(11(2)18-17-10)15(20)16-13-7-3-5-12(9-13)6-4-8-19/h3,5,7,9,19H,4,6,8H2,1-2H3,(H,16,20)(H,17,18). The van der Waals surface area contributed by atoms with E-state index >= 15 is 0 Å². The molecule has 3 N–H and O–H groups in total. The molecule has 0 aliphatic rings. The summed E-state index contributed by atoms with van der Waals surface area (Å²) in [6.45, 7) is 3.80. The first-order chi connectivity index (χ1) is 9.61. The van der Waals surface area contributed by atoms with E-state index in [1.807, 2.05) is 31.2 Å². The summed E-state index contributed by atoms with van der Waals surface area (Å²) in [5, 5.41) is 18.6. The number of aryl methyl sites for hydroxylation is 3. The molecule has 20 heavy (non-hydrogen) atoms. The third kappa shape index (κ3) is 3.24. The summed E-state index contributed by atoms with van der Waals surface area (Å²) >= 11 is 0. The van der Waals surface area contributed by atoms with Crippen molar-refractivity contribution in [1.29, 1.82) is 0 Å². The lowest BCUT2D eigenvalue weighted by atomic mass is 10.1. The number of carbonyl (C=O) groups excluding carboxylic acids is 1. The molecule has 0 atom stereocenters. The Morgan fingerprint density at radius 2 is 2.20 bits per heavy atom. The normalized spacial score (nSPS) is 10.6. The highest BCUT2D eigenvalue weighted by atomic mass is 16.2. The summed E-state index contributed by atoms with van der Waals surface area (Å²) in [6, 6.07) is 7.67. The topological polar surface area (TPSA) is 78.0 Å². The van der Waals surface area contributed by atoms with Crippen LogP contribution in [0.15, 0.2) is 24.3 Å². The third-order valence-corrected chi connectivity index (χ3v) is 3.16. The lowest BCUT2D eigenvalue weighted by molar-refractivity contribution is 0.102. The second-order valence-electron chi connectivity index (χ2n) is 4.79. The maximum Gasteiger partial charge on any atom is 0.259 e. The molecular formula is C15H19N3O2. The molecule has 0 unspecified atom stereocenters. The van der Waals surface area contributed by atoms with Crippen LogP contribution in [0, 0.1) is 13.8 Å². The number of rotatable bonds is 5. The van der Waals surface area contributed by atoms with Crippen LogP contribution in [-0.2, 0) is 6.42 Å². The molecule has 5 nitrogen and oxygen atoms in total. The number of carbonyl (C=O) groups is 1. The van der Waals surface area contributed by atoms with Gasteiger partial charge in [0, 0.05) is 18.0 Å². The summed E-state index contributed by atoms with van der Waals surface area (Å²) in [5.41, 5.74) is 3.89. The van der Waals surface area contributed by atoms with Gasteiger partial charge in [0.1, 0.15) is 0 Å². The van der Waals surface area contributed by atoms with Crippen LogP contribution >= 0.6 is 0 Å². The minimum absolute atomic E-state index is 0.159. The van der Waals surface area contributed by atoms with Crippen molar-refractivity contribution < 1.29 is 9.90 Å². The quantitative estimate of drug-likeness (QED) is 0.781. The molecule has 0 aliphatic heterocycles. The van der Waals surface area contributed by atoms with Gasteiger partial charge in [0.25, 0.3) is 5.91 Å². The molecule has 0 spiro atoms. The fourth-order valence-corrected chi connectivity index (χ4v) is 2.17. The van der Waals surface area contributed by atoms with Crippen molar-refractivity contribution in [3.63, 3.8) is 0 Å². The fourth-order valence-electron chi connectivity index (χ4n) is 2.17. The Morgan fingerprint density at radius 3 is 2.85 bits per heavy atom. The average Bonchev–Trinajstić information content (AvgIpc) is 2.76. The minimum atomic E-state index is -0.159. The number of H-pyrrole nitrogens is 1. The van der Waals surface area contributed by atoms with E-state index in [2.05, 4.69) is 15.5 Å². The summed E-state index contributed by atoms with van der Waals surface area (Å²) in [5.74, 6) is -0.159. The SMILES string of the molecule is Cc1n[nH]c(C)c1C(=O)Nc1cccc(CCCO)c1. The zero-order chi connectivity index (χ0) is 14.5. The molecule has 0 radical (unpaired) electrons. The number of aromatic nitrogens is 2. The molecule has 1 amide bonds. The molecule has 2 rings (SSSR count). The predicted molar refractivity (Wildman–Crippen MR) is 77.9 cm³/mol. The zero-order valence-corrected chi connectivity index (χ0v) is 11.7. The van der Waals surface area contributed by atoms with Crippen LogP contribution in [0.3, 0.4) is 0 Å². The number of nitrogens with one attached hydrogen (secondary N) is 2. The first-order valence-electron chi connectivity index (χ1n) is 6.64. The van der Waals surface area contributed by atoms with Gasteiger partial charge in [-0.25, -0.2) is 0 Å². The van der Waals surface area contributed by atoms with Gasteiger partial charge < -0.3 is 10.4 Å². The Bertz CT molecular complexity index is 585. The maximum absolute atomic E-state index is 12.2. The van der Waals surface area contributed by atoms with Crippen molar-refractivity contribution in [3.8, 4) is 0 Å². The van der Waals surface area contributed by atoms with Gasteiger partial charge >= 0.3 is 0 Å². The molecule has 2 aromatic rings. The highest BCUT2D eigenvalue weighted by Crippen LogP contribution is 2.16. The number of hydrogen-bond acceptors (Lipinski definition) is 3. The van der Waals surface area contributed by atoms with Crippen molar-refractivity contribution in [3.05, 3.63) is 46.8 Å². The number of amides is 1. The van der Waals surface area contributed by atoms with Gasteiger partial charge in [0.2, 0.25) is 0 Å². The number of hydrogen-bond donors (Lipinski definition) is 3. The largest absolute Gasteiger partial charge is 0.396 e. The molecule has 106 valence electrons. The monoisotopic (exact) mass is 273 g/mol. The van der Waals surface area contributed by atoms with Crippen LogP contribution < -0.4 is 5.32 Å². The first kappa shape index (κ1) is 14.3. The van der Waals surface area contributed by atoms with Crippen LogP contribution in [-0.4, -0.2) is 27.8 Å². The summed E-state index contributed by atoms with van der Waals surface area (Å²) < 4.78 is 0. The molecule has 5 heteroatoms. The Kier molecular flexibility index (Phi) is 4.53. The smallest absolute Gasteiger partial charge is 0.259 e. The van der Waals surface area contributed by atoms with Crippen LogP contribution in [0.1, 0.15) is 33.7 Å². The summed E-state index contributed by atoms with van der Waals surface area (Å²) in [7, 11) is 0. The van der Waals surface area contributed by atoms with Crippen molar-refractivity contribution in [1.82, 2.24) is 10.2 Å². The van der Waals surface area contributed by atoms with Gasteiger partial charge in [0.15, 0.2) is 0 Å². The fraction of sp³-hybridized carbons (Fsp3) is 0.333. The highest BCUT2D eigenvalue weighted by molar-refractivity contribution is 6.05. The van der Waals surface area contributed by atoms with Crippen molar-refractivity contribution in [2.75, 3.05) is 11.9 Å². The number of aliphatic hydroxyl groups is 1. The Hall–Kier alpha value is -2.14. The molecule has 0 saturated carbocycles. The predicted octanol–water partition coefficient (Wildman–Crippen LogP) is 2.20. The molecule has 0 saturated heterocycles. The van der Waals surface area contributed by atoms with E-state index in [0.29, 0.717) is 11.3 Å². The molecule has 0 fully saturated rings. The second kappa shape index (κ2) is 6.34. The minimum Gasteiger partial charge on any atom is -0.396 e. The van der Waals surface area contributed by atoms with E-state index in [1.165, 1.54) is 0 Å². The van der Waals surface area contributed by atoms with Gasteiger partial charge in [-0.05, 0) is 44.4 Å². The molecule has 0 bridgehead atoms. The summed E-state index contributed by atoms with van der Waals surface area (Å²) in [4.78, 5) is 12.2. The van der Waals surface area contributed by atoms with Crippen molar-refractivity contribution >= 4 is 11.6 Å². The second-order valence-corrected chi connectivity index (χ2v) is 4.79. The molecule has 1 heterocycles. The Balaban J connectivity index is 2.12. The number of aromatic amines is 1. The van der Waals surface area contributed by atoms with Crippen LogP contribution in [0.4, 0.5) is 5.69 Å². The first-order valence-corrected chi connectivity index (χ1v) is 6.64. The van der Waals surface area contributed by atoms with E-state index in [-0.39, 0.29) is 12.5 Å². The lowest BCUT2D eigenvalue weighted by Gasteiger charge is -2.07. The van der Waals surface area contributed by atoms with Gasteiger partial charge in [-0.1, -0.05) is 12.1 Å². The van der Waals surface area contributed by atoms with Gasteiger partial charge in [-0.3, -0.25) is 9.89 Å². The number of anilines is 1. The Morgan fingerprint density at radius 1 is 1.40 bits per heavy atom.